The Labute approximate surface area is 169 Å². The molecule has 2 aromatic rings. The molecule has 0 aromatic carbocycles. The lowest BCUT2D eigenvalue weighted by Gasteiger charge is -2.25. The first-order valence-electron chi connectivity index (χ1n) is 8.55. The Kier molecular flexibility index (Phi) is 6.80. The minimum absolute atomic E-state index is 0.256. The van der Waals surface area contributed by atoms with E-state index in [0.29, 0.717) is 10.0 Å². The molecule has 1 fully saturated rings. The van der Waals surface area contributed by atoms with Crippen LogP contribution in [0.1, 0.15) is 41.6 Å². The number of thiophene rings is 1. The summed E-state index contributed by atoms with van der Waals surface area (Å²) in [6.45, 7) is 4.71. The first-order chi connectivity index (χ1) is 12.5. The number of likely N-dealkylation sites (tertiary alicyclic amines) is 1. The standard InChI is InChI=1S/C17H21BrN4O2S2/c1-11(19-16(24)13-5-6-14(18)26-13)15(23)21-17-20-12(10-25-17)9-22-7-3-2-4-8-22/h5-6,10-11H,2-4,7-9H2,1H3,(H,19,24)(H,20,21,23). The van der Waals surface area contributed by atoms with Crippen molar-refractivity contribution >= 4 is 55.5 Å². The van der Waals surface area contributed by atoms with Gasteiger partial charge in [0.2, 0.25) is 5.91 Å². The molecule has 0 radical (unpaired) electrons. The predicted molar refractivity (Wildman–Crippen MR) is 109 cm³/mol. The lowest BCUT2D eigenvalue weighted by atomic mass is 10.1. The third-order valence-electron chi connectivity index (χ3n) is 4.15. The zero-order valence-electron chi connectivity index (χ0n) is 14.5. The number of nitrogens with one attached hydrogen (secondary N) is 2. The number of amides is 2. The summed E-state index contributed by atoms with van der Waals surface area (Å²) in [5.41, 5.74) is 0.979. The minimum atomic E-state index is -0.641. The molecule has 1 aliphatic heterocycles. The van der Waals surface area contributed by atoms with Gasteiger partial charge in [-0.3, -0.25) is 14.5 Å². The van der Waals surface area contributed by atoms with Gasteiger partial charge in [0.1, 0.15) is 6.04 Å². The molecule has 140 valence electrons. The van der Waals surface area contributed by atoms with Gasteiger partial charge in [-0.05, 0) is 60.9 Å². The number of hydrogen-bond acceptors (Lipinski definition) is 6. The van der Waals surface area contributed by atoms with E-state index in [0.717, 1.165) is 29.1 Å². The average molecular weight is 457 g/mol. The smallest absolute Gasteiger partial charge is 0.262 e. The predicted octanol–water partition coefficient (Wildman–Crippen LogP) is 3.71. The topological polar surface area (TPSA) is 74.3 Å². The summed E-state index contributed by atoms with van der Waals surface area (Å²) in [5, 5.41) is 8.05. The minimum Gasteiger partial charge on any atom is -0.340 e. The molecule has 0 bridgehead atoms. The molecule has 2 N–H and O–H groups in total. The highest BCUT2D eigenvalue weighted by atomic mass is 79.9. The molecule has 0 saturated carbocycles. The second kappa shape index (κ2) is 9.07. The number of thiazole rings is 1. The molecule has 1 saturated heterocycles. The van der Waals surface area contributed by atoms with Crippen LogP contribution in [0.25, 0.3) is 0 Å². The Bertz CT molecular complexity index is 770. The van der Waals surface area contributed by atoms with Crippen molar-refractivity contribution in [2.75, 3.05) is 18.4 Å². The van der Waals surface area contributed by atoms with Crippen LogP contribution in [-0.4, -0.2) is 40.8 Å². The van der Waals surface area contributed by atoms with Gasteiger partial charge in [-0.2, -0.15) is 0 Å². The van der Waals surface area contributed by atoms with Gasteiger partial charge in [-0.15, -0.1) is 22.7 Å². The summed E-state index contributed by atoms with van der Waals surface area (Å²) in [7, 11) is 0. The summed E-state index contributed by atoms with van der Waals surface area (Å²) in [6, 6.07) is 2.89. The second-order valence-electron chi connectivity index (χ2n) is 6.27. The van der Waals surface area contributed by atoms with E-state index < -0.39 is 6.04 Å². The van der Waals surface area contributed by atoms with Crippen LogP contribution in [0.5, 0.6) is 0 Å². The highest BCUT2D eigenvalue weighted by Gasteiger charge is 2.19. The number of piperidine rings is 1. The fourth-order valence-electron chi connectivity index (χ4n) is 2.77. The first kappa shape index (κ1) is 19.5. The van der Waals surface area contributed by atoms with Gasteiger partial charge in [0.25, 0.3) is 5.91 Å². The number of halogens is 1. The SMILES string of the molecule is CC(NC(=O)c1ccc(Br)s1)C(=O)Nc1nc(CN2CCCCC2)cs1. The van der Waals surface area contributed by atoms with E-state index in [9.17, 15) is 9.59 Å². The van der Waals surface area contributed by atoms with Crippen LogP contribution in [0.2, 0.25) is 0 Å². The number of hydrogen-bond donors (Lipinski definition) is 2. The van der Waals surface area contributed by atoms with Crippen molar-refractivity contribution < 1.29 is 9.59 Å². The summed E-state index contributed by atoms with van der Waals surface area (Å²) in [5.74, 6) is -0.527. The molecule has 26 heavy (non-hydrogen) atoms. The molecule has 1 unspecified atom stereocenters. The van der Waals surface area contributed by atoms with Crippen LogP contribution < -0.4 is 10.6 Å². The van der Waals surface area contributed by atoms with E-state index >= 15 is 0 Å². The normalized spacial score (nSPS) is 16.2. The van der Waals surface area contributed by atoms with Crippen molar-refractivity contribution in [3.63, 3.8) is 0 Å². The highest BCUT2D eigenvalue weighted by molar-refractivity contribution is 9.11. The molecule has 9 heteroatoms. The van der Waals surface area contributed by atoms with E-state index in [2.05, 4.69) is 36.4 Å². The van der Waals surface area contributed by atoms with E-state index in [1.807, 2.05) is 11.4 Å². The molecule has 3 rings (SSSR count). The Balaban J connectivity index is 1.50. The summed E-state index contributed by atoms with van der Waals surface area (Å²) in [4.78, 5) is 31.9. The molecular weight excluding hydrogens is 436 g/mol. The second-order valence-corrected chi connectivity index (χ2v) is 9.59. The van der Waals surface area contributed by atoms with Gasteiger partial charge in [-0.25, -0.2) is 4.98 Å². The van der Waals surface area contributed by atoms with Crippen molar-refractivity contribution in [1.82, 2.24) is 15.2 Å². The summed E-state index contributed by atoms with van der Waals surface area (Å²) < 4.78 is 0.878. The lowest BCUT2D eigenvalue weighted by Crippen LogP contribution is -2.41. The van der Waals surface area contributed by atoms with Gasteiger partial charge < -0.3 is 10.6 Å². The third-order valence-corrected chi connectivity index (χ3v) is 6.58. The fraction of sp³-hybridized carbons (Fsp3) is 0.471. The van der Waals surface area contributed by atoms with Crippen molar-refractivity contribution in [2.24, 2.45) is 0 Å². The van der Waals surface area contributed by atoms with E-state index in [1.165, 1.54) is 41.9 Å². The third kappa shape index (κ3) is 5.35. The molecule has 1 atom stereocenters. The Morgan fingerprint density at radius 1 is 1.31 bits per heavy atom. The van der Waals surface area contributed by atoms with Gasteiger partial charge in [0.05, 0.1) is 14.4 Å². The molecule has 0 spiro atoms. The van der Waals surface area contributed by atoms with Crippen LogP contribution in [0.15, 0.2) is 21.3 Å². The number of nitrogens with zero attached hydrogens (tertiary/aromatic N) is 2. The monoisotopic (exact) mass is 456 g/mol. The largest absolute Gasteiger partial charge is 0.340 e. The molecule has 0 aliphatic carbocycles. The van der Waals surface area contributed by atoms with Crippen molar-refractivity contribution in [1.29, 1.82) is 0 Å². The first-order valence-corrected chi connectivity index (χ1v) is 11.0. The van der Waals surface area contributed by atoms with Crippen LogP contribution in [0.3, 0.4) is 0 Å². The molecular formula is C17H21BrN4O2S2. The fourth-order valence-corrected chi connectivity index (χ4v) is 4.76. The van der Waals surface area contributed by atoms with Crippen molar-refractivity contribution in [2.45, 2.75) is 38.8 Å². The zero-order valence-corrected chi connectivity index (χ0v) is 17.7. The quantitative estimate of drug-likeness (QED) is 0.694. The molecule has 2 amide bonds. The van der Waals surface area contributed by atoms with Crippen molar-refractivity contribution in [3.05, 3.63) is 31.9 Å². The maximum Gasteiger partial charge on any atom is 0.262 e. The lowest BCUT2D eigenvalue weighted by molar-refractivity contribution is -0.117. The Hall–Kier alpha value is -1.29. The summed E-state index contributed by atoms with van der Waals surface area (Å²) >= 11 is 6.07. The zero-order chi connectivity index (χ0) is 18.5. The number of aromatic nitrogens is 1. The van der Waals surface area contributed by atoms with Gasteiger partial charge in [0.15, 0.2) is 5.13 Å². The number of rotatable bonds is 6. The average Bonchev–Trinajstić information content (AvgIpc) is 3.24. The molecule has 3 heterocycles. The van der Waals surface area contributed by atoms with Gasteiger partial charge >= 0.3 is 0 Å². The van der Waals surface area contributed by atoms with Gasteiger partial charge in [-0.1, -0.05) is 6.42 Å². The van der Waals surface area contributed by atoms with Crippen LogP contribution >= 0.6 is 38.6 Å². The van der Waals surface area contributed by atoms with Crippen LogP contribution in [0, 0.1) is 0 Å². The Morgan fingerprint density at radius 2 is 2.08 bits per heavy atom. The molecule has 1 aliphatic rings. The van der Waals surface area contributed by atoms with Crippen LogP contribution in [-0.2, 0) is 11.3 Å². The number of carbonyl (C=O) groups is 2. The van der Waals surface area contributed by atoms with Crippen molar-refractivity contribution in [3.8, 4) is 0 Å². The Morgan fingerprint density at radius 3 is 2.77 bits per heavy atom. The van der Waals surface area contributed by atoms with E-state index in [1.54, 1.807) is 13.0 Å². The van der Waals surface area contributed by atoms with E-state index in [4.69, 9.17) is 0 Å². The molecule has 6 nitrogen and oxygen atoms in total. The van der Waals surface area contributed by atoms with Crippen LogP contribution in [0.4, 0.5) is 5.13 Å². The maximum atomic E-state index is 12.3. The number of anilines is 1. The van der Waals surface area contributed by atoms with Gasteiger partial charge in [0, 0.05) is 11.9 Å². The van der Waals surface area contributed by atoms with E-state index in [-0.39, 0.29) is 11.8 Å². The maximum absolute atomic E-state index is 12.3. The highest BCUT2D eigenvalue weighted by Crippen LogP contribution is 2.22. The summed E-state index contributed by atoms with van der Waals surface area (Å²) in [6.07, 6.45) is 3.79. The number of carbonyl (C=O) groups excluding carboxylic acids is 2. The molecule has 2 aromatic heterocycles.